The van der Waals surface area contributed by atoms with Gasteiger partial charge < -0.3 is 25.2 Å². The van der Waals surface area contributed by atoms with Crippen molar-refractivity contribution in [1.82, 2.24) is 0 Å². The normalized spacial score (nSPS) is 10.7. The first-order chi connectivity index (χ1) is 21.8. The van der Waals surface area contributed by atoms with Gasteiger partial charge in [-0.15, -0.1) is 0 Å². The molecule has 3 rings (SSSR count). The molecule has 0 aliphatic carbocycles. The van der Waals surface area contributed by atoms with E-state index >= 15 is 0 Å². The third-order valence-corrected chi connectivity index (χ3v) is 7.15. The Balaban J connectivity index is 1.20. The number of nitrogens with one attached hydrogen (secondary N) is 2. The van der Waals surface area contributed by atoms with E-state index in [-0.39, 0.29) is 23.5 Å². The molecule has 12 nitrogen and oxygen atoms in total. The Morgan fingerprint density at radius 2 is 1.02 bits per heavy atom. The van der Waals surface area contributed by atoms with Gasteiger partial charge in [-0.25, -0.2) is 4.79 Å². The van der Waals surface area contributed by atoms with Crippen LogP contribution in [0.2, 0.25) is 0 Å². The number of hydrogen-bond donors (Lipinski definition) is 3. The van der Waals surface area contributed by atoms with Crippen molar-refractivity contribution in [2.45, 2.75) is 64.2 Å². The Bertz CT molecular complexity index is 1350. The molecule has 0 unspecified atom stereocenters. The lowest BCUT2D eigenvalue weighted by molar-refractivity contribution is -0.385. The summed E-state index contributed by atoms with van der Waals surface area (Å²) in [5.74, 6) is -0.208. The number of carboxylic acid groups (broad SMARTS) is 1. The van der Waals surface area contributed by atoms with Gasteiger partial charge in [0.1, 0.15) is 18.1 Å². The minimum absolute atomic E-state index is 0.0165. The predicted molar refractivity (Wildman–Crippen MR) is 174 cm³/mol. The highest BCUT2D eigenvalue weighted by Crippen LogP contribution is 2.24. The predicted octanol–water partition coefficient (Wildman–Crippen LogP) is 8.08. The maximum Gasteiger partial charge on any atom is 0.335 e. The van der Waals surface area contributed by atoms with Gasteiger partial charge in [0.2, 0.25) is 0 Å². The molecule has 242 valence electrons. The highest BCUT2D eigenvalue weighted by atomic mass is 16.6. The summed E-state index contributed by atoms with van der Waals surface area (Å²) in [5.41, 5.74) is 1.83. The van der Waals surface area contributed by atoms with E-state index in [4.69, 9.17) is 9.47 Å². The molecule has 0 spiro atoms. The number of hydrogen-bond acceptors (Lipinski definition) is 9. The molecule has 0 radical (unpaired) electrons. The number of ether oxygens (including phenoxy) is 2. The van der Waals surface area contributed by atoms with Gasteiger partial charge in [0.15, 0.2) is 0 Å². The van der Waals surface area contributed by atoms with Gasteiger partial charge in [0.05, 0.1) is 22.0 Å². The molecule has 0 aliphatic rings. The van der Waals surface area contributed by atoms with Crippen LogP contribution in [-0.4, -0.2) is 47.2 Å². The standard InChI is InChI=1S/C33H42N4O8/c38-33(39)26-23-31(25-32(24-26)45-22-20-35-28-13-17-30(18-14-28)37(42)43)44-21-10-8-6-4-2-1-3-5-7-9-19-34-27-11-15-29(16-12-27)36(40)41/h11-18,23-25,34-35H,1-10,19-22H2,(H,38,39). The van der Waals surface area contributed by atoms with Gasteiger partial charge >= 0.3 is 5.97 Å². The van der Waals surface area contributed by atoms with Crippen LogP contribution in [0.1, 0.15) is 74.6 Å². The summed E-state index contributed by atoms with van der Waals surface area (Å²) in [5, 5.41) is 37.4. The average molecular weight is 623 g/mol. The van der Waals surface area contributed by atoms with Crippen LogP contribution in [-0.2, 0) is 0 Å². The summed E-state index contributed by atoms with van der Waals surface area (Å²) < 4.78 is 11.6. The first-order valence-corrected chi connectivity index (χ1v) is 15.4. The third-order valence-electron chi connectivity index (χ3n) is 7.15. The van der Waals surface area contributed by atoms with E-state index < -0.39 is 15.8 Å². The van der Waals surface area contributed by atoms with Crippen LogP contribution in [0.5, 0.6) is 11.5 Å². The Morgan fingerprint density at radius 1 is 0.600 bits per heavy atom. The quantitative estimate of drug-likeness (QED) is 0.0534. The summed E-state index contributed by atoms with van der Waals surface area (Å²) in [4.78, 5) is 32.2. The molecule has 0 bridgehead atoms. The van der Waals surface area contributed by atoms with Crippen molar-refractivity contribution in [3.05, 3.63) is 92.5 Å². The molecule has 3 aromatic rings. The lowest BCUT2D eigenvalue weighted by Crippen LogP contribution is -2.12. The Hall–Kier alpha value is -4.87. The summed E-state index contributed by atoms with van der Waals surface area (Å²) in [7, 11) is 0. The highest BCUT2D eigenvalue weighted by molar-refractivity contribution is 5.88. The lowest BCUT2D eigenvalue weighted by atomic mass is 10.1. The van der Waals surface area contributed by atoms with Crippen molar-refractivity contribution in [2.24, 2.45) is 0 Å². The number of non-ortho nitro benzene ring substituents is 2. The topological polar surface area (TPSA) is 166 Å². The number of unbranched alkanes of at least 4 members (excludes halogenated alkanes) is 9. The first-order valence-electron chi connectivity index (χ1n) is 15.4. The molecule has 0 fully saturated rings. The molecule has 0 aromatic heterocycles. The molecular formula is C33H42N4O8. The van der Waals surface area contributed by atoms with Crippen molar-refractivity contribution in [3.63, 3.8) is 0 Å². The van der Waals surface area contributed by atoms with Gasteiger partial charge in [0.25, 0.3) is 11.4 Å². The molecule has 0 amide bonds. The van der Waals surface area contributed by atoms with Gasteiger partial charge in [-0.2, -0.15) is 0 Å². The maximum absolute atomic E-state index is 11.6. The number of nitro groups is 2. The van der Waals surface area contributed by atoms with Crippen molar-refractivity contribution >= 4 is 28.7 Å². The number of carbonyl (C=O) groups is 1. The monoisotopic (exact) mass is 622 g/mol. The smallest absolute Gasteiger partial charge is 0.335 e. The molecule has 3 aromatic carbocycles. The van der Waals surface area contributed by atoms with Crippen LogP contribution in [0, 0.1) is 20.2 Å². The van der Waals surface area contributed by atoms with Crippen LogP contribution in [0.15, 0.2) is 66.7 Å². The number of benzene rings is 3. The summed E-state index contributed by atoms with van der Waals surface area (Å²) in [6.07, 6.45) is 11.3. The largest absolute Gasteiger partial charge is 0.493 e. The molecule has 0 heterocycles. The number of anilines is 2. The number of carboxylic acids is 1. The zero-order chi connectivity index (χ0) is 32.3. The first kappa shape index (κ1) is 34.6. The molecule has 3 N–H and O–H groups in total. The molecule has 0 atom stereocenters. The van der Waals surface area contributed by atoms with Crippen LogP contribution >= 0.6 is 0 Å². The van der Waals surface area contributed by atoms with Crippen LogP contribution in [0.25, 0.3) is 0 Å². The lowest BCUT2D eigenvalue weighted by Gasteiger charge is -2.12. The zero-order valence-electron chi connectivity index (χ0n) is 25.4. The number of rotatable bonds is 23. The van der Waals surface area contributed by atoms with Crippen molar-refractivity contribution < 1.29 is 29.2 Å². The molecule has 0 saturated carbocycles. The van der Waals surface area contributed by atoms with E-state index in [0.29, 0.717) is 24.7 Å². The fraction of sp³-hybridized carbons (Fsp3) is 0.424. The van der Waals surface area contributed by atoms with Gasteiger partial charge in [-0.3, -0.25) is 20.2 Å². The SMILES string of the molecule is O=C(O)c1cc(OCCCCCCCCCCCCNc2ccc([N+](=O)[O-])cc2)cc(OCCNc2ccc([N+](=O)[O-])cc2)c1. The molecule has 12 heteroatoms. The van der Waals surface area contributed by atoms with Crippen molar-refractivity contribution in [2.75, 3.05) is 36.9 Å². The minimum atomic E-state index is -1.06. The van der Waals surface area contributed by atoms with Crippen LogP contribution < -0.4 is 20.1 Å². The van der Waals surface area contributed by atoms with Crippen molar-refractivity contribution in [3.8, 4) is 11.5 Å². The number of aromatic carboxylic acids is 1. The number of nitrogens with zero attached hydrogens (tertiary/aromatic N) is 2. The van der Waals surface area contributed by atoms with Gasteiger partial charge in [0, 0.05) is 54.8 Å². The Morgan fingerprint density at radius 3 is 1.49 bits per heavy atom. The fourth-order valence-electron chi connectivity index (χ4n) is 4.69. The Kier molecular flexibility index (Phi) is 14.9. The van der Waals surface area contributed by atoms with E-state index in [1.807, 2.05) is 0 Å². The minimum Gasteiger partial charge on any atom is -0.493 e. The second-order valence-corrected chi connectivity index (χ2v) is 10.7. The van der Waals surface area contributed by atoms with Crippen LogP contribution in [0.4, 0.5) is 22.7 Å². The van der Waals surface area contributed by atoms with E-state index in [2.05, 4.69) is 10.6 Å². The zero-order valence-corrected chi connectivity index (χ0v) is 25.4. The van der Waals surface area contributed by atoms with E-state index in [0.717, 1.165) is 50.0 Å². The molecular weight excluding hydrogens is 580 g/mol. The van der Waals surface area contributed by atoms with E-state index in [1.165, 1.54) is 68.5 Å². The molecule has 0 saturated heterocycles. The van der Waals surface area contributed by atoms with E-state index in [9.17, 15) is 30.1 Å². The second kappa shape index (κ2) is 19.4. The molecule has 45 heavy (non-hydrogen) atoms. The number of nitro benzene ring substituents is 2. The fourth-order valence-corrected chi connectivity index (χ4v) is 4.69. The molecule has 0 aliphatic heterocycles. The van der Waals surface area contributed by atoms with Gasteiger partial charge in [-0.05, 0) is 49.2 Å². The second-order valence-electron chi connectivity index (χ2n) is 10.7. The summed E-state index contributed by atoms with van der Waals surface area (Å²) >= 11 is 0. The summed E-state index contributed by atoms with van der Waals surface area (Å²) in [6, 6.07) is 17.2. The summed E-state index contributed by atoms with van der Waals surface area (Å²) in [6.45, 7) is 2.05. The van der Waals surface area contributed by atoms with Crippen LogP contribution in [0.3, 0.4) is 0 Å². The third kappa shape index (κ3) is 13.5. The van der Waals surface area contributed by atoms with Crippen molar-refractivity contribution in [1.29, 1.82) is 0 Å². The Labute approximate surface area is 263 Å². The van der Waals surface area contributed by atoms with Gasteiger partial charge in [-0.1, -0.05) is 51.4 Å². The maximum atomic E-state index is 11.6. The highest BCUT2D eigenvalue weighted by Gasteiger charge is 2.10. The average Bonchev–Trinajstić information content (AvgIpc) is 3.03. The van der Waals surface area contributed by atoms with E-state index in [1.54, 1.807) is 30.3 Å².